The first-order valence-corrected chi connectivity index (χ1v) is 7.63. The maximum Gasteiger partial charge on any atom is 0.282 e. The number of pyridine rings is 1. The molecule has 0 bridgehead atoms. The van der Waals surface area contributed by atoms with Crippen molar-refractivity contribution in [3.63, 3.8) is 0 Å². The first-order valence-electron chi connectivity index (χ1n) is 7.63. The van der Waals surface area contributed by atoms with Crippen molar-refractivity contribution in [1.29, 1.82) is 0 Å². The Hall–Kier alpha value is -3.61. The number of aromatic nitrogens is 5. The van der Waals surface area contributed by atoms with E-state index in [4.69, 9.17) is 4.52 Å². The Morgan fingerprint density at radius 3 is 2.64 bits per heavy atom. The normalized spacial score (nSPS) is 10.8. The van der Waals surface area contributed by atoms with Gasteiger partial charge in [0.05, 0.1) is 5.69 Å². The summed E-state index contributed by atoms with van der Waals surface area (Å²) in [6, 6.07) is 14.6. The van der Waals surface area contributed by atoms with Gasteiger partial charge in [-0.3, -0.25) is 9.78 Å². The second-order valence-corrected chi connectivity index (χ2v) is 5.45. The zero-order valence-electron chi connectivity index (χ0n) is 13.3. The van der Waals surface area contributed by atoms with Crippen LogP contribution < -0.4 is 5.43 Å². The Labute approximate surface area is 142 Å². The Balaban J connectivity index is 1.76. The number of hydrogen-bond donors (Lipinski definition) is 0. The van der Waals surface area contributed by atoms with E-state index in [0.29, 0.717) is 11.5 Å². The van der Waals surface area contributed by atoms with Crippen molar-refractivity contribution >= 4 is 0 Å². The van der Waals surface area contributed by atoms with Crippen molar-refractivity contribution in [3.8, 4) is 28.8 Å². The van der Waals surface area contributed by atoms with E-state index in [1.165, 1.54) is 6.07 Å². The van der Waals surface area contributed by atoms with E-state index in [-0.39, 0.29) is 17.0 Å². The summed E-state index contributed by atoms with van der Waals surface area (Å²) in [6.45, 7) is 2.01. The third-order valence-electron chi connectivity index (χ3n) is 3.63. The maximum absolute atomic E-state index is 12.2. The molecule has 0 aliphatic heterocycles. The number of nitrogens with zero attached hydrogens (tertiary/aromatic N) is 5. The van der Waals surface area contributed by atoms with Gasteiger partial charge in [-0.15, -0.1) is 0 Å². The molecule has 0 spiro atoms. The maximum atomic E-state index is 12.2. The summed E-state index contributed by atoms with van der Waals surface area (Å²) in [5.41, 5.74) is 2.34. The minimum Gasteiger partial charge on any atom is -0.332 e. The molecule has 4 rings (SSSR count). The van der Waals surface area contributed by atoms with Gasteiger partial charge in [-0.1, -0.05) is 28.9 Å². The van der Waals surface area contributed by atoms with Gasteiger partial charge >= 0.3 is 0 Å². The van der Waals surface area contributed by atoms with E-state index in [2.05, 4.69) is 20.2 Å². The standard InChI is InChI=1S/C18H13N5O2/c1-12-5-7-13(8-6-12)23-11-9-15(24)16(21-23)18-20-17(22-25-18)14-4-2-3-10-19-14/h2-11H,1H3. The summed E-state index contributed by atoms with van der Waals surface area (Å²) in [6.07, 6.45) is 3.24. The molecule has 0 aliphatic carbocycles. The number of aryl methyl sites for hydroxylation is 1. The van der Waals surface area contributed by atoms with Gasteiger partial charge in [0.2, 0.25) is 11.3 Å². The summed E-state index contributed by atoms with van der Waals surface area (Å²) < 4.78 is 6.82. The molecule has 0 unspecified atom stereocenters. The smallest absolute Gasteiger partial charge is 0.282 e. The molecule has 0 fully saturated rings. The van der Waals surface area contributed by atoms with Crippen molar-refractivity contribution in [1.82, 2.24) is 24.9 Å². The lowest BCUT2D eigenvalue weighted by Crippen LogP contribution is -2.12. The van der Waals surface area contributed by atoms with Crippen LogP contribution in [0.3, 0.4) is 0 Å². The van der Waals surface area contributed by atoms with E-state index in [1.54, 1.807) is 29.2 Å². The van der Waals surface area contributed by atoms with Crippen LogP contribution in [0.15, 0.2) is 70.2 Å². The highest BCUT2D eigenvalue weighted by Gasteiger charge is 2.16. The van der Waals surface area contributed by atoms with Gasteiger partial charge in [-0.2, -0.15) is 10.1 Å². The minimum absolute atomic E-state index is 0.0621. The van der Waals surface area contributed by atoms with Crippen LogP contribution in [-0.2, 0) is 0 Å². The Morgan fingerprint density at radius 2 is 1.88 bits per heavy atom. The first kappa shape index (κ1) is 14.9. The van der Waals surface area contributed by atoms with E-state index in [0.717, 1.165) is 11.3 Å². The first-order chi connectivity index (χ1) is 12.2. The lowest BCUT2D eigenvalue weighted by molar-refractivity contribution is 0.429. The molecule has 122 valence electrons. The second kappa shape index (κ2) is 6.12. The number of rotatable bonds is 3. The van der Waals surface area contributed by atoms with Crippen molar-refractivity contribution in [2.75, 3.05) is 0 Å². The second-order valence-electron chi connectivity index (χ2n) is 5.45. The summed E-state index contributed by atoms with van der Waals surface area (Å²) in [5.74, 6) is 0.370. The molecular formula is C18H13N5O2. The van der Waals surface area contributed by atoms with Crippen LogP contribution in [0, 0.1) is 6.92 Å². The van der Waals surface area contributed by atoms with Crippen LogP contribution in [0.1, 0.15) is 5.56 Å². The van der Waals surface area contributed by atoms with Gasteiger partial charge in [0, 0.05) is 18.5 Å². The fourth-order valence-corrected chi connectivity index (χ4v) is 2.32. The molecule has 4 aromatic rings. The molecule has 3 aromatic heterocycles. The Morgan fingerprint density at radius 1 is 1.04 bits per heavy atom. The molecule has 7 heteroatoms. The van der Waals surface area contributed by atoms with Crippen molar-refractivity contribution in [3.05, 3.63) is 76.7 Å². The molecule has 0 amide bonds. The van der Waals surface area contributed by atoms with Crippen LogP contribution >= 0.6 is 0 Å². The number of benzene rings is 1. The van der Waals surface area contributed by atoms with Crippen molar-refractivity contribution < 1.29 is 4.52 Å². The lowest BCUT2D eigenvalue weighted by atomic mass is 10.2. The molecule has 0 aliphatic rings. The van der Waals surface area contributed by atoms with Crippen LogP contribution in [-0.4, -0.2) is 24.9 Å². The van der Waals surface area contributed by atoms with Gasteiger partial charge in [-0.25, -0.2) is 4.68 Å². The fraction of sp³-hybridized carbons (Fsp3) is 0.0556. The zero-order chi connectivity index (χ0) is 17.2. The topological polar surface area (TPSA) is 86.7 Å². The third-order valence-corrected chi connectivity index (χ3v) is 3.63. The van der Waals surface area contributed by atoms with Gasteiger partial charge in [0.1, 0.15) is 5.69 Å². The van der Waals surface area contributed by atoms with E-state index < -0.39 is 0 Å². The highest BCUT2D eigenvalue weighted by Crippen LogP contribution is 2.17. The average molecular weight is 331 g/mol. The predicted molar refractivity (Wildman–Crippen MR) is 91.1 cm³/mol. The SMILES string of the molecule is Cc1ccc(-n2ccc(=O)c(-c3nc(-c4ccccn4)no3)n2)cc1. The summed E-state index contributed by atoms with van der Waals surface area (Å²) in [7, 11) is 0. The van der Waals surface area contributed by atoms with Gasteiger partial charge in [-0.05, 0) is 31.2 Å². The molecular weight excluding hydrogens is 318 g/mol. The van der Waals surface area contributed by atoms with Crippen LogP contribution in [0.2, 0.25) is 0 Å². The monoisotopic (exact) mass is 331 g/mol. The minimum atomic E-state index is -0.292. The molecule has 25 heavy (non-hydrogen) atoms. The molecule has 0 saturated carbocycles. The summed E-state index contributed by atoms with van der Waals surface area (Å²) >= 11 is 0. The van der Waals surface area contributed by atoms with Crippen molar-refractivity contribution in [2.45, 2.75) is 6.92 Å². The van der Waals surface area contributed by atoms with E-state index >= 15 is 0 Å². The predicted octanol–water partition coefficient (Wildman–Crippen LogP) is 2.65. The fourth-order valence-electron chi connectivity index (χ4n) is 2.32. The largest absolute Gasteiger partial charge is 0.332 e. The van der Waals surface area contributed by atoms with E-state index in [9.17, 15) is 4.79 Å². The van der Waals surface area contributed by atoms with Crippen LogP contribution in [0.4, 0.5) is 0 Å². The quantitative estimate of drug-likeness (QED) is 0.573. The highest BCUT2D eigenvalue weighted by atomic mass is 16.5. The molecule has 0 atom stereocenters. The summed E-state index contributed by atoms with van der Waals surface area (Å²) in [5, 5.41) is 8.22. The molecule has 3 heterocycles. The van der Waals surface area contributed by atoms with Crippen LogP contribution in [0.5, 0.6) is 0 Å². The third kappa shape index (κ3) is 2.94. The average Bonchev–Trinajstić information content (AvgIpc) is 3.14. The zero-order valence-corrected chi connectivity index (χ0v) is 13.3. The van der Waals surface area contributed by atoms with Crippen molar-refractivity contribution in [2.24, 2.45) is 0 Å². The molecule has 1 aromatic carbocycles. The van der Waals surface area contributed by atoms with Gasteiger partial charge in [0.25, 0.3) is 5.89 Å². The Kier molecular flexibility index (Phi) is 3.66. The number of hydrogen-bond acceptors (Lipinski definition) is 6. The summed E-state index contributed by atoms with van der Waals surface area (Å²) in [4.78, 5) is 20.6. The molecule has 0 N–H and O–H groups in total. The van der Waals surface area contributed by atoms with Gasteiger partial charge in [0.15, 0.2) is 5.69 Å². The lowest BCUT2D eigenvalue weighted by Gasteiger charge is -2.05. The highest BCUT2D eigenvalue weighted by molar-refractivity contribution is 5.53. The van der Waals surface area contributed by atoms with Crippen LogP contribution in [0.25, 0.3) is 28.8 Å². The molecule has 0 saturated heterocycles. The van der Waals surface area contributed by atoms with E-state index in [1.807, 2.05) is 37.3 Å². The van der Waals surface area contributed by atoms with Gasteiger partial charge < -0.3 is 4.52 Å². The Bertz CT molecular complexity index is 1070. The molecule has 0 radical (unpaired) electrons. The molecule has 7 nitrogen and oxygen atoms in total.